The lowest BCUT2D eigenvalue weighted by molar-refractivity contribution is -0.129. The van der Waals surface area contributed by atoms with Crippen molar-refractivity contribution in [2.24, 2.45) is 0 Å². The van der Waals surface area contributed by atoms with E-state index in [0.717, 1.165) is 20.3 Å². The zero-order chi connectivity index (χ0) is 35.4. The van der Waals surface area contributed by atoms with E-state index >= 15 is 18.0 Å². The number of carbonyl (C=O) groups is 4. The lowest BCUT2D eigenvalue weighted by Crippen LogP contribution is -2.66. The predicted octanol–water partition coefficient (Wildman–Crippen LogP) is 6.95. The van der Waals surface area contributed by atoms with Gasteiger partial charge in [-0.3, -0.25) is 23.5 Å². The fourth-order valence-electron chi connectivity index (χ4n) is 7.56. The van der Waals surface area contributed by atoms with Crippen LogP contribution in [0.2, 0.25) is 0 Å². The highest BCUT2D eigenvalue weighted by atomic mass is 32.2. The minimum absolute atomic E-state index is 0.0734. The molecule has 2 aliphatic rings. The fraction of sp³-hybridized carbons (Fsp3) is 0.171. The zero-order valence-corrected chi connectivity index (χ0v) is 28.6. The molecular weight excluding hydrogens is 649 g/mol. The van der Waals surface area contributed by atoms with Crippen molar-refractivity contribution in [1.82, 2.24) is 0 Å². The summed E-state index contributed by atoms with van der Waals surface area (Å²) in [5.41, 5.74) is 1.40. The number of anilines is 2. The molecule has 0 aliphatic carbocycles. The highest BCUT2D eigenvalue weighted by Gasteiger charge is 2.68. The van der Waals surface area contributed by atoms with E-state index in [1.54, 1.807) is 115 Å². The smallest absolute Gasteiger partial charge is 0.265 e. The molecule has 0 radical (unpaired) electrons. The van der Waals surface area contributed by atoms with Gasteiger partial charge in [0.15, 0.2) is 11.6 Å². The Kier molecular flexibility index (Phi) is 8.11. The normalized spacial score (nSPS) is 19.6. The van der Waals surface area contributed by atoms with Gasteiger partial charge in [0.2, 0.25) is 11.8 Å². The van der Waals surface area contributed by atoms with Crippen molar-refractivity contribution in [2.45, 2.75) is 49.5 Å². The Balaban J connectivity index is 1.61. The summed E-state index contributed by atoms with van der Waals surface area (Å²) in [5.74, 6) is -3.34. The van der Waals surface area contributed by atoms with E-state index in [1.165, 1.54) is 19.1 Å². The molecule has 2 aliphatic heterocycles. The van der Waals surface area contributed by atoms with E-state index in [0.29, 0.717) is 16.7 Å². The molecule has 0 fully saturated rings. The Labute approximate surface area is 291 Å². The minimum atomic E-state index is -4.56. The number of sulfonamides is 1. The van der Waals surface area contributed by atoms with Crippen LogP contribution in [-0.4, -0.2) is 37.8 Å². The third-order valence-corrected chi connectivity index (χ3v) is 11.7. The first kappa shape index (κ1) is 32.9. The van der Waals surface area contributed by atoms with Crippen LogP contribution < -0.4 is 9.21 Å². The van der Waals surface area contributed by atoms with E-state index < -0.39 is 45.0 Å². The number of imide groups is 1. The molecule has 5 aromatic rings. The molecule has 9 heteroatoms. The van der Waals surface area contributed by atoms with Crippen molar-refractivity contribution in [1.29, 1.82) is 0 Å². The van der Waals surface area contributed by atoms with Gasteiger partial charge in [-0.25, -0.2) is 13.3 Å². The molecule has 50 heavy (non-hydrogen) atoms. The zero-order valence-electron chi connectivity index (χ0n) is 27.7. The number of ketones is 2. The molecule has 0 unspecified atom stereocenters. The number of nitrogens with zero attached hydrogens (tertiary/aromatic N) is 2. The Morgan fingerprint density at radius 2 is 1.24 bits per heavy atom. The van der Waals surface area contributed by atoms with Crippen molar-refractivity contribution >= 4 is 44.8 Å². The molecule has 2 heterocycles. The molecule has 3 atom stereocenters. The van der Waals surface area contributed by atoms with Gasteiger partial charge in [-0.05, 0) is 49.2 Å². The summed E-state index contributed by atoms with van der Waals surface area (Å²) < 4.78 is 31.3. The number of rotatable bonds is 7. The number of hydrogen-bond acceptors (Lipinski definition) is 6. The van der Waals surface area contributed by atoms with Gasteiger partial charge in [0, 0.05) is 30.4 Å². The van der Waals surface area contributed by atoms with Crippen LogP contribution in [0.15, 0.2) is 132 Å². The second kappa shape index (κ2) is 12.3. The van der Waals surface area contributed by atoms with Gasteiger partial charge in [-0.2, -0.15) is 0 Å². The van der Waals surface area contributed by atoms with Crippen LogP contribution in [0, 0.1) is 13.8 Å². The highest BCUT2D eigenvalue weighted by molar-refractivity contribution is 7.93. The topological polar surface area (TPSA) is 109 Å². The molecule has 7 rings (SSSR count). The van der Waals surface area contributed by atoms with Crippen molar-refractivity contribution < 1.29 is 27.6 Å². The maximum Gasteiger partial charge on any atom is 0.265 e. The highest BCUT2D eigenvalue weighted by Crippen LogP contribution is 2.60. The lowest BCUT2D eigenvalue weighted by Gasteiger charge is -2.51. The molecule has 250 valence electrons. The van der Waals surface area contributed by atoms with Gasteiger partial charge in [-0.1, -0.05) is 114 Å². The third kappa shape index (κ3) is 4.99. The number of para-hydroxylation sites is 2. The molecule has 0 saturated heterocycles. The Morgan fingerprint density at radius 3 is 1.88 bits per heavy atom. The van der Waals surface area contributed by atoms with E-state index in [4.69, 9.17) is 0 Å². The van der Waals surface area contributed by atoms with E-state index in [1.807, 2.05) is 13.8 Å². The monoisotopic (exact) mass is 682 g/mol. The van der Waals surface area contributed by atoms with Crippen LogP contribution in [0.25, 0.3) is 0 Å². The molecule has 2 amide bonds. The second-order valence-electron chi connectivity index (χ2n) is 12.9. The Bertz CT molecular complexity index is 2280. The maximum absolute atomic E-state index is 15.4. The molecular formula is C41H34N2O6S. The number of carbonyl (C=O) groups excluding carboxylic acids is 4. The third-order valence-electron chi connectivity index (χ3n) is 9.88. The summed E-state index contributed by atoms with van der Waals surface area (Å²) in [6, 6.07) is 33.3. The molecule has 1 spiro atoms. The van der Waals surface area contributed by atoms with E-state index in [-0.39, 0.29) is 34.0 Å². The summed E-state index contributed by atoms with van der Waals surface area (Å²) in [6.07, 6.45) is -0.247. The quantitative estimate of drug-likeness (QED) is 0.172. The average Bonchev–Trinajstić information content (AvgIpc) is 3.37. The van der Waals surface area contributed by atoms with Crippen LogP contribution >= 0.6 is 0 Å². The summed E-state index contributed by atoms with van der Waals surface area (Å²) in [4.78, 5) is 59.2. The molecule has 0 N–H and O–H groups in total. The molecule has 5 aromatic carbocycles. The predicted molar refractivity (Wildman–Crippen MR) is 191 cm³/mol. The van der Waals surface area contributed by atoms with Gasteiger partial charge in [0.05, 0.1) is 16.3 Å². The first-order chi connectivity index (χ1) is 24.0. The van der Waals surface area contributed by atoms with Crippen molar-refractivity contribution in [3.63, 3.8) is 0 Å². The van der Waals surface area contributed by atoms with Crippen LogP contribution in [0.4, 0.5) is 11.4 Å². The average molecular weight is 683 g/mol. The lowest BCUT2D eigenvalue weighted by atomic mass is 9.58. The van der Waals surface area contributed by atoms with Crippen molar-refractivity contribution in [3.8, 4) is 0 Å². The SMILES string of the molecule is CC(=O)N1C(=O)[C@@]2(c3ccccc31)[C@H](C(=O)c1ccc(C)cc1)N(S(=O)(=O)c1ccc(C)cc1)c1ccccc1[C@@H]2CC(=O)c1ccccc1. The molecule has 0 saturated carbocycles. The van der Waals surface area contributed by atoms with Gasteiger partial charge in [-0.15, -0.1) is 0 Å². The largest absolute Gasteiger partial charge is 0.294 e. The van der Waals surface area contributed by atoms with Gasteiger partial charge in [0.25, 0.3) is 10.0 Å². The van der Waals surface area contributed by atoms with E-state index in [9.17, 15) is 9.59 Å². The maximum atomic E-state index is 15.4. The summed E-state index contributed by atoms with van der Waals surface area (Å²) in [6.45, 7) is 4.96. The minimum Gasteiger partial charge on any atom is -0.294 e. The summed E-state index contributed by atoms with van der Waals surface area (Å²) in [5, 5.41) is 0. The van der Waals surface area contributed by atoms with Crippen molar-refractivity contribution in [2.75, 3.05) is 9.21 Å². The number of fused-ring (bicyclic) bond motifs is 3. The van der Waals surface area contributed by atoms with Gasteiger partial charge < -0.3 is 0 Å². The molecule has 0 bridgehead atoms. The van der Waals surface area contributed by atoms with Crippen molar-refractivity contribution in [3.05, 3.63) is 161 Å². The van der Waals surface area contributed by atoms with Crippen LogP contribution in [0.5, 0.6) is 0 Å². The summed E-state index contributed by atoms with van der Waals surface area (Å²) in [7, 11) is -4.56. The van der Waals surface area contributed by atoms with E-state index in [2.05, 4.69) is 0 Å². The number of benzene rings is 5. The molecule has 8 nitrogen and oxygen atoms in total. The van der Waals surface area contributed by atoms with Crippen LogP contribution in [0.1, 0.15) is 62.2 Å². The number of hydrogen-bond donors (Lipinski definition) is 0. The summed E-state index contributed by atoms with van der Waals surface area (Å²) >= 11 is 0. The standard InChI is InChI=1S/C41H34N2O6S/c1-26-17-21-30(22-18-26)38(46)39-41(33-14-8-10-16-36(33)42(28(3)44)40(41)47)34(25-37(45)29-11-5-4-6-12-29)32-13-7-9-15-35(32)43(39)50(48,49)31-23-19-27(2)20-24-31/h4-24,34,39H,25H2,1-3H3/t34-,39-,41+/m0/s1. The fourth-order valence-corrected chi connectivity index (χ4v) is 9.24. The van der Waals surface area contributed by atoms with Gasteiger partial charge >= 0.3 is 0 Å². The number of amides is 2. The number of aryl methyl sites for hydroxylation is 2. The Hall–Kier alpha value is -5.67. The Morgan fingerprint density at radius 1 is 0.680 bits per heavy atom. The first-order valence-corrected chi connectivity index (χ1v) is 17.8. The molecule has 0 aromatic heterocycles. The van der Waals surface area contributed by atoms with Crippen LogP contribution in [0.3, 0.4) is 0 Å². The first-order valence-electron chi connectivity index (χ1n) is 16.3. The second-order valence-corrected chi connectivity index (χ2v) is 14.7. The number of Topliss-reactive ketones (excluding diaryl/α,β-unsaturated/α-hetero) is 2. The van der Waals surface area contributed by atoms with Crippen LogP contribution in [-0.2, 0) is 25.0 Å². The van der Waals surface area contributed by atoms with Gasteiger partial charge in [0.1, 0.15) is 11.5 Å².